The van der Waals surface area contributed by atoms with Crippen molar-refractivity contribution in [2.45, 2.75) is 13.3 Å². The van der Waals surface area contributed by atoms with E-state index >= 15 is 0 Å². The Morgan fingerprint density at radius 2 is 2.44 bits per heavy atom. The molecule has 0 unspecified atom stereocenters. The molecule has 0 saturated carbocycles. The van der Waals surface area contributed by atoms with Gasteiger partial charge in [0.15, 0.2) is 0 Å². The van der Waals surface area contributed by atoms with Crippen molar-refractivity contribution in [3.63, 3.8) is 0 Å². The highest BCUT2D eigenvalue weighted by Gasteiger charge is 1.87. The molecule has 0 aliphatic rings. The highest BCUT2D eigenvalue weighted by Crippen LogP contribution is 1.75. The van der Waals surface area contributed by atoms with Crippen molar-refractivity contribution in [2.24, 2.45) is 4.99 Å². The van der Waals surface area contributed by atoms with E-state index in [0.29, 0.717) is 0 Å². The third-order valence-electron chi connectivity index (χ3n) is 0.606. The van der Waals surface area contributed by atoms with Crippen LogP contribution in [-0.4, -0.2) is 17.3 Å². The van der Waals surface area contributed by atoms with Crippen molar-refractivity contribution in [3.8, 4) is 0 Å². The fourth-order valence-electron chi connectivity index (χ4n) is 0.278. The van der Waals surface area contributed by atoms with Gasteiger partial charge in [0, 0.05) is 12.4 Å². The molecule has 3 heteroatoms. The molecule has 0 aromatic heterocycles. The summed E-state index contributed by atoms with van der Waals surface area (Å²) in [4.78, 5) is 13.5. The third-order valence-corrected chi connectivity index (χ3v) is 0.606. The van der Waals surface area contributed by atoms with Crippen molar-refractivity contribution in [1.29, 1.82) is 0 Å². The zero-order valence-corrected chi connectivity index (χ0v) is 5.24. The van der Waals surface area contributed by atoms with E-state index in [1.807, 2.05) is 6.92 Å². The van der Waals surface area contributed by atoms with Gasteiger partial charge in [-0.05, 0) is 6.92 Å². The molecule has 0 saturated heterocycles. The molecule has 0 aliphatic carbocycles. The first-order valence-electron chi connectivity index (χ1n) is 2.62. The van der Waals surface area contributed by atoms with E-state index in [1.165, 1.54) is 6.21 Å². The Morgan fingerprint density at radius 1 is 1.78 bits per heavy atom. The molecule has 0 spiro atoms. The topological polar surface area (TPSA) is 49.7 Å². The molecule has 9 heavy (non-hydrogen) atoms. The van der Waals surface area contributed by atoms with Crippen molar-refractivity contribution in [1.82, 2.24) is 0 Å². The van der Waals surface area contributed by atoms with Crippen molar-refractivity contribution in [2.75, 3.05) is 0 Å². The van der Waals surface area contributed by atoms with Gasteiger partial charge in [-0.2, -0.15) is 0 Å². The van der Waals surface area contributed by atoms with Gasteiger partial charge in [-0.25, -0.2) is 0 Å². The number of nitrogens with zero attached hydrogens (tertiary/aromatic N) is 1. The summed E-state index contributed by atoms with van der Waals surface area (Å²) in [6.07, 6.45) is 4.62. The van der Waals surface area contributed by atoms with E-state index in [0.717, 1.165) is 0 Å². The van der Waals surface area contributed by atoms with Crippen molar-refractivity contribution < 1.29 is 9.90 Å². The number of aliphatic imine (C=N–C) groups is 1. The van der Waals surface area contributed by atoms with Crippen LogP contribution in [0.3, 0.4) is 0 Å². The zero-order chi connectivity index (χ0) is 7.11. The first-order valence-corrected chi connectivity index (χ1v) is 2.62. The summed E-state index contributed by atoms with van der Waals surface area (Å²) in [6, 6.07) is 0. The predicted octanol–water partition coefficient (Wildman–Crippen LogP) is 1.07. The van der Waals surface area contributed by atoms with Crippen molar-refractivity contribution >= 4 is 12.2 Å². The number of aliphatic carboxylic acids is 1. The molecule has 0 radical (unpaired) electrons. The minimum atomic E-state index is -0.858. The van der Waals surface area contributed by atoms with Crippen LogP contribution < -0.4 is 0 Å². The van der Waals surface area contributed by atoms with Crippen LogP contribution in [0, 0.1) is 0 Å². The Hall–Kier alpha value is -1.12. The first kappa shape index (κ1) is 7.88. The molecule has 0 heterocycles. The maximum absolute atomic E-state index is 9.85. The van der Waals surface area contributed by atoms with Gasteiger partial charge in [-0.1, -0.05) is 6.08 Å². The molecular weight excluding hydrogens is 118 g/mol. The number of hydrogen-bond donors (Lipinski definition) is 1. The molecule has 0 aliphatic heterocycles. The smallest absolute Gasteiger partial charge is 0.308 e. The third kappa shape index (κ3) is 6.88. The van der Waals surface area contributed by atoms with Crippen LogP contribution in [0.2, 0.25) is 0 Å². The van der Waals surface area contributed by atoms with Gasteiger partial charge < -0.3 is 5.11 Å². The lowest BCUT2D eigenvalue weighted by molar-refractivity contribution is -0.135. The molecule has 0 rings (SSSR count). The van der Waals surface area contributed by atoms with E-state index in [9.17, 15) is 4.79 Å². The van der Waals surface area contributed by atoms with E-state index < -0.39 is 5.97 Å². The lowest BCUT2D eigenvalue weighted by Gasteiger charge is -1.78. The van der Waals surface area contributed by atoms with Gasteiger partial charge in [0.2, 0.25) is 0 Å². The second kappa shape index (κ2) is 5.03. The number of carboxylic acid groups (broad SMARTS) is 1. The molecule has 0 atom stereocenters. The summed E-state index contributed by atoms with van der Waals surface area (Å²) in [5.74, 6) is -0.858. The lowest BCUT2D eigenvalue weighted by Crippen LogP contribution is -1.93. The van der Waals surface area contributed by atoms with Crippen molar-refractivity contribution in [3.05, 3.63) is 12.3 Å². The summed E-state index contributed by atoms with van der Waals surface area (Å²) in [6.45, 7) is 1.82. The quantitative estimate of drug-likeness (QED) is 0.576. The Kier molecular flexibility index (Phi) is 4.40. The Bertz CT molecular complexity index is 138. The van der Waals surface area contributed by atoms with Crippen LogP contribution in [0.15, 0.2) is 17.3 Å². The van der Waals surface area contributed by atoms with Crippen LogP contribution in [0.25, 0.3) is 0 Å². The zero-order valence-electron chi connectivity index (χ0n) is 5.24. The van der Waals surface area contributed by atoms with Crippen LogP contribution in [-0.2, 0) is 4.79 Å². The number of hydrogen-bond acceptors (Lipinski definition) is 2. The molecule has 0 aromatic carbocycles. The second-order valence-electron chi connectivity index (χ2n) is 1.41. The maximum atomic E-state index is 9.85. The highest BCUT2D eigenvalue weighted by atomic mass is 16.4. The molecular formula is C6H9NO2. The van der Waals surface area contributed by atoms with Crippen LogP contribution in [0.4, 0.5) is 0 Å². The molecule has 50 valence electrons. The monoisotopic (exact) mass is 127 g/mol. The lowest BCUT2D eigenvalue weighted by atomic mass is 10.5. The van der Waals surface area contributed by atoms with Crippen LogP contribution in [0.5, 0.6) is 0 Å². The molecule has 3 nitrogen and oxygen atoms in total. The standard InChI is InChI=1S/C6H9NO2/c1-2-4-7-5-3-6(8)9/h2,4-5H,3H2,1H3,(H,8,9)/b4-2-,7-5?. The molecule has 1 N–H and O–H groups in total. The number of allylic oxidation sites excluding steroid dienone is 1. The van der Waals surface area contributed by atoms with Gasteiger partial charge in [0.05, 0.1) is 6.42 Å². The summed E-state index contributed by atoms with van der Waals surface area (Å²) < 4.78 is 0. The molecule has 0 amide bonds. The van der Waals surface area contributed by atoms with Gasteiger partial charge >= 0.3 is 5.97 Å². The average molecular weight is 127 g/mol. The van der Waals surface area contributed by atoms with Gasteiger partial charge in [-0.15, -0.1) is 0 Å². The second-order valence-corrected chi connectivity index (χ2v) is 1.41. The Labute approximate surface area is 53.7 Å². The SMILES string of the molecule is C/C=C\N=CCC(=O)O. The van der Waals surface area contributed by atoms with Gasteiger partial charge in [0.1, 0.15) is 0 Å². The van der Waals surface area contributed by atoms with E-state index in [4.69, 9.17) is 5.11 Å². The normalized spacial score (nSPS) is 11.2. The summed E-state index contributed by atoms with van der Waals surface area (Å²) in [5, 5.41) is 8.10. The molecule has 0 bridgehead atoms. The molecule has 0 fully saturated rings. The van der Waals surface area contributed by atoms with Crippen LogP contribution >= 0.6 is 0 Å². The summed E-state index contributed by atoms with van der Waals surface area (Å²) >= 11 is 0. The largest absolute Gasteiger partial charge is 0.481 e. The average Bonchev–Trinajstić information content (AvgIpc) is 1.80. The fraction of sp³-hybridized carbons (Fsp3) is 0.333. The highest BCUT2D eigenvalue weighted by molar-refractivity contribution is 5.84. The van der Waals surface area contributed by atoms with Crippen LogP contribution in [0.1, 0.15) is 13.3 Å². The van der Waals surface area contributed by atoms with E-state index in [2.05, 4.69) is 4.99 Å². The van der Waals surface area contributed by atoms with E-state index in [-0.39, 0.29) is 6.42 Å². The maximum Gasteiger partial charge on any atom is 0.308 e. The number of rotatable bonds is 3. The predicted molar refractivity (Wildman–Crippen MR) is 35.6 cm³/mol. The number of carbonyl (C=O) groups is 1. The van der Waals surface area contributed by atoms with Gasteiger partial charge in [-0.3, -0.25) is 9.79 Å². The first-order chi connectivity index (χ1) is 4.27. The van der Waals surface area contributed by atoms with E-state index in [1.54, 1.807) is 12.3 Å². The number of carboxylic acids is 1. The van der Waals surface area contributed by atoms with Gasteiger partial charge in [0.25, 0.3) is 0 Å². The molecule has 0 aromatic rings. The minimum Gasteiger partial charge on any atom is -0.481 e. The summed E-state index contributed by atoms with van der Waals surface area (Å²) in [7, 11) is 0. The Morgan fingerprint density at radius 3 is 2.89 bits per heavy atom. The fourth-order valence-corrected chi connectivity index (χ4v) is 0.278. The Balaban J connectivity index is 3.36. The minimum absolute atomic E-state index is 0.00958. The summed E-state index contributed by atoms with van der Waals surface area (Å²) in [5.41, 5.74) is 0.